The van der Waals surface area contributed by atoms with Crippen molar-refractivity contribution in [3.8, 4) is 0 Å². The molecular formula is C16H21NO9. The van der Waals surface area contributed by atoms with Gasteiger partial charge in [-0.1, -0.05) is 18.2 Å². The second-order valence-electron chi connectivity index (χ2n) is 6.05. The SMILES string of the molecule is O=C(N[C@H]1[C@H]([C@H](O)[C@H](O)CO)O[C@@](O)(C(=O)O)C[C@@H]1O)c1ccccc1. The number of aliphatic hydroxyl groups is 5. The van der Waals surface area contributed by atoms with Gasteiger partial charge in [-0.2, -0.15) is 0 Å². The van der Waals surface area contributed by atoms with Crippen LogP contribution in [0.25, 0.3) is 0 Å². The first kappa shape index (κ1) is 20.2. The Morgan fingerprint density at radius 1 is 1.27 bits per heavy atom. The van der Waals surface area contributed by atoms with Crippen LogP contribution in [0.5, 0.6) is 0 Å². The molecule has 1 fully saturated rings. The van der Waals surface area contributed by atoms with Crippen LogP contribution >= 0.6 is 0 Å². The molecule has 0 aliphatic carbocycles. The van der Waals surface area contributed by atoms with Crippen molar-refractivity contribution in [1.29, 1.82) is 0 Å². The van der Waals surface area contributed by atoms with Gasteiger partial charge in [0.1, 0.15) is 18.3 Å². The van der Waals surface area contributed by atoms with Crippen LogP contribution in [0.15, 0.2) is 30.3 Å². The average molecular weight is 371 g/mol. The molecule has 1 saturated heterocycles. The molecule has 1 aliphatic rings. The Hall–Kier alpha value is -2.08. The molecule has 10 heteroatoms. The van der Waals surface area contributed by atoms with Crippen LogP contribution < -0.4 is 5.32 Å². The second kappa shape index (κ2) is 8.08. The molecule has 0 aromatic heterocycles. The molecule has 10 nitrogen and oxygen atoms in total. The normalized spacial score (nSPS) is 31.0. The van der Waals surface area contributed by atoms with Gasteiger partial charge in [-0.05, 0) is 12.1 Å². The number of benzene rings is 1. The molecule has 6 atom stereocenters. The maximum Gasteiger partial charge on any atom is 0.364 e. The number of aliphatic carboxylic acids is 1. The van der Waals surface area contributed by atoms with E-state index in [-0.39, 0.29) is 5.56 Å². The van der Waals surface area contributed by atoms with Gasteiger partial charge in [0.2, 0.25) is 0 Å². The Morgan fingerprint density at radius 2 is 1.88 bits per heavy atom. The zero-order chi connectivity index (χ0) is 19.5. The number of rotatable bonds is 6. The number of hydrogen-bond acceptors (Lipinski definition) is 8. The number of carboxylic acids is 1. The quantitative estimate of drug-likeness (QED) is 0.283. The van der Waals surface area contributed by atoms with Gasteiger partial charge in [-0.3, -0.25) is 4.79 Å². The fraction of sp³-hybridized carbons (Fsp3) is 0.500. The number of nitrogens with one attached hydrogen (secondary N) is 1. The van der Waals surface area contributed by atoms with Crippen LogP contribution in [0.2, 0.25) is 0 Å². The lowest BCUT2D eigenvalue weighted by Gasteiger charge is -2.44. The van der Waals surface area contributed by atoms with Gasteiger partial charge >= 0.3 is 5.97 Å². The van der Waals surface area contributed by atoms with Crippen molar-refractivity contribution < 1.29 is 45.0 Å². The number of amides is 1. The fourth-order valence-corrected chi connectivity index (χ4v) is 2.73. The number of aliphatic hydroxyl groups excluding tert-OH is 4. The van der Waals surface area contributed by atoms with Crippen LogP contribution in [0, 0.1) is 0 Å². The molecule has 0 bridgehead atoms. The van der Waals surface area contributed by atoms with E-state index in [9.17, 15) is 30.0 Å². The third-order valence-corrected chi connectivity index (χ3v) is 4.17. The summed E-state index contributed by atoms with van der Waals surface area (Å²) in [6.45, 7) is -0.887. The molecule has 0 unspecified atom stereocenters. The summed E-state index contributed by atoms with van der Waals surface area (Å²) in [5.41, 5.74) is 0.231. The Bertz CT molecular complexity index is 640. The molecule has 7 N–H and O–H groups in total. The highest BCUT2D eigenvalue weighted by atomic mass is 16.7. The van der Waals surface area contributed by atoms with E-state index in [4.69, 9.17) is 14.9 Å². The Kier molecular flexibility index (Phi) is 6.29. The summed E-state index contributed by atoms with van der Waals surface area (Å²) in [7, 11) is 0. The maximum absolute atomic E-state index is 12.3. The highest BCUT2D eigenvalue weighted by Crippen LogP contribution is 2.30. The number of carbonyl (C=O) groups excluding carboxylic acids is 1. The molecule has 1 aromatic rings. The Morgan fingerprint density at radius 3 is 2.42 bits per heavy atom. The third kappa shape index (κ3) is 4.18. The number of hydrogen-bond donors (Lipinski definition) is 7. The predicted molar refractivity (Wildman–Crippen MR) is 84.9 cm³/mol. The van der Waals surface area contributed by atoms with Gasteiger partial charge in [0.05, 0.1) is 18.8 Å². The molecule has 2 rings (SSSR count). The van der Waals surface area contributed by atoms with Crippen molar-refractivity contribution in [3.05, 3.63) is 35.9 Å². The summed E-state index contributed by atoms with van der Waals surface area (Å²) in [6, 6.07) is 6.53. The summed E-state index contributed by atoms with van der Waals surface area (Å²) < 4.78 is 5.00. The van der Waals surface area contributed by atoms with Gasteiger partial charge in [0, 0.05) is 12.0 Å². The second-order valence-corrected chi connectivity index (χ2v) is 6.05. The lowest BCUT2D eigenvalue weighted by molar-refractivity contribution is -0.294. The fourth-order valence-electron chi connectivity index (χ4n) is 2.73. The first-order valence-corrected chi connectivity index (χ1v) is 7.84. The van der Waals surface area contributed by atoms with E-state index in [1.54, 1.807) is 18.2 Å². The van der Waals surface area contributed by atoms with Gasteiger partial charge in [0.25, 0.3) is 11.7 Å². The molecule has 1 heterocycles. The van der Waals surface area contributed by atoms with Gasteiger partial charge in [0.15, 0.2) is 0 Å². The van der Waals surface area contributed by atoms with Crippen molar-refractivity contribution in [2.24, 2.45) is 0 Å². The lowest BCUT2D eigenvalue weighted by Crippen LogP contribution is -2.67. The number of carbonyl (C=O) groups is 2. The van der Waals surface area contributed by atoms with Crippen LogP contribution in [-0.2, 0) is 9.53 Å². The molecule has 144 valence electrons. The summed E-state index contributed by atoms with van der Waals surface area (Å²) in [5, 5.41) is 60.5. The largest absolute Gasteiger partial charge is 0.477 e. The highest BCUT2D eigenvalue weighted by molar-refractivity contribution is 5.94. The third-order valence-electron chi connectivity index (χ3n) is 4.17. The van der Waals surface area contributed by atoms with Crippen molar-refractivity contribution in [2.45, 2.75) is 42.7 Å². The summed E-state index contributed by atoms with van der Waals surface area (Å²) in [5.74, 6) is -5.27. The molecular weight excluding hydrogens is 350 g/mol. The summed E-state index contributed by atoms with van der Waals surface area (Å²) in [4.78, 5) is 23.5. The number of ether oxygens (including phenoxy) is 1. The van der Waals surface area contributed by atoms with Crippen LogP contribution in [0.3, 0.4) is 0 Å². The van der Waals surface area contributed by atoms with Gasteiger partial charge in [-0.25, -0.2) is 4.79 Å². The van der Waals surface area contributed by atoms with Gasteiger partial charge < -0.3 is 40.7 Å². The smallest absolute Gasteiger partial charge is 0.364 e. The topological polar surface area (TPSA) is 177 Å². The van der Waals surface area contributed by atoms with E-state index in [0.29, 0.717) is 0 Å². The molecule has 0 saturated carbocycles. The zero-order valence-electron chi connectivity index (χ0n) is 13.6. The minimum Gasteiger partial charge on any atom is -0.477 e. The van der Waals surface area contributed by atoms with Crippen molar-refractivity contribution in [2.75, 3.05) is 6.61 Å². The molecule has 1 aliphatic heterocycles. The Labute approximate surface area is 148 Å². The van der Waals surface area contributed by atoms with Crippen LogP contribution in [0.1, 0.15) is 16.8 Å². The minimum absolute atomic E-state index is 0.231. The van der Waals surface area contributed by atoms with E-state index in [0.717, 1.165) is 0 Å². The van der Waals surface area contributed by atoms with E-state index < -0.39 is 61.1 Å². The van der Waals surface area contributed by atoms with Crippen molar-refractivity contribution in [3.63, 3.8) is 0 Å². The van der Waals surface area contributed by atoms with Crippen LogP contribution in [0.4, 0.5) is 0 Å². The van der Waals surface area contributed by atoms with Crippen molar-refractivity contribution in [1.82, 2.24) is 5.32 Å². The molecule has 0 radical (unpaired) electrons. The zero-order valence-corrected chi connectivity index (χ0v) is 13.6. The summed E-state index contributed by atoms with van der Waals surface area (Å²) >= 11 is 0. The average Bonchev–Trinajstić information content (AvgIpc) is 2.62. The highest BCUT2D eigenvalue weighted by Gasteiger charge is 2.54. The molecule has 26 heavy (non-hydrogen) atoms. The van der Waals surface area contributed by atoms with E-state index >= 15 is 0 Å². The van der Waals surface area contributed by atoms with E-state index in [1.165, 1.54) is 12.1 Å². The lowest BCUT2D eigenvalue weighted by atomic mass is 9.88. The summed E-state index contributed by atoms with van der Waals surface area (Å²) in [6.07, 6.45) is -7.72. The predicted octanol–water partition coefficient (Wildman–Crippen LogP) is -2.58. The molecule has 0 spiro atoms. The first-order valence-electron chi connectivity index (χ1n) is 7.84. The molecule has 1 amide bonds. The van der Waals surface area contributed by atoms with Gasteiger partial charge in [-0.15, -0.1) is 0 Å². The van der Waals surface area contributed by atoms with E-state index in [2.05, 4.69) is 5.32 Å². The van der Waals surface area contributed by atoms with Crippen molar-refractivity contribution >= 4 is 11.9 Å². The molecule has 1 aromatic carbocycles. The monoisotopic (exact) mass is 371 g/mol. The standard InChI is InChI=1S/C16H21NO9/c18-7-10(20)12(21)13-11(9(19)6-16(25,26-13)15(23)24)17-14(22)8-4-2-1-3-5-8/h1-5,9-13,18-21,25H,6-7H2,(H,17,22)(H,23,24)/t9-,10+,11+,12+,13+,16+/m0/s1. The van der Waals surface area contributed by atoms with Crippen LogP contribution in [-0.4, -0.2) is 85.4 Å². The minimum atomic E-state index is -2.83. The number of carboxylic acid groups (broad SMARTS) is 1. The van der Waals surface area contributed by atoms with E-state index in [1.807, 2.05) is 0 Å². The first-order chi connectivity index (χ1) is 12.2. The maximum atomic E-state index is 12.3. The Balaban J connectivity index is 2.28.